The molecule has 0 fully saturated rings. The Labute approximate surface area is 129 Å². The SMILES string of the molecule is CC[C@H]1CCC(c2ccccc2)=C(c2c(F)cccc2F)N1. The first-order chi connectivity index (χ1) is 10.7. The predicted molar refractivity (Wildman–Crippen MR) is 86.1 cm³/mol. The molecule has 0 saturated carbocycles. The number of allylic oxidation sites excluding steroid dienone is 1. The minimum absolute atomic E-state index is 0.0551. The zero-order valence-electron chi connectivity index (χ0n) is 12.6. The number of hydrogen-bond donors (Lipinski definition) is 1. The molecule has 1 heterocycles. The lowest BCUT2D eigenvalue weighted by Crippen LogP contribution is -2.32. The van der Waals surface area contributed by atoms with E-state index in [1.807, 2.05) is 30.3 Å². The van der Waals surface area contributed by atoms with Gasteiger partial charge in [-0.05, 0) is 42.5 Å². The van der Waals surface area contributed by atoms with Gasteiger partial charge in [0.2, 0.25) is 0 Å². The molecule has 3 heteroatoms. The molecule has 22 heavy (non-hydrogen) atoms. The van der Waals surface area contributed by atoms with Gasteiger partial charge in [-0.2, -0.15) is 0 Å². The lowest BCUT2D eigenvalue weighted by Gasteiger charge is -2.30. The van der Waals surface area contributed by atoms with Crippen LogP contribution >= 0.6 is 0 Å². The van der Waals surface area contributed by atoms with Gasteiger partial charge >= 0.3 is 0 Å². The molecule has 1 nitrogen and oxygen atoms in total. The molecule has 0 bridgehead atoms. The van der Waals surface area contributed by atoms with E-state index in [0.717, 1.165) is 30.4 Å². The second kappa shape index (κ2) is 6.30. The van der Waals surface area contributed by atoms with Gasteiger partial charge in [0, 0.05) is 6.04 Å². The molecule has 1 aliphatic heterocycles. The Morgan fingerprint density at radius 1 is 1.00 bits per heavy atom. The van der Waals surface area contributed by atoms with Gasteiger partial charge < -0.3 is 5.32 Å². The van der Waals surface area contributed by atoms with Gasteiger partial charge in [-0.15, -0.1) is 0 Å². The van der Waals surface area contributed by atoms with E-state index in [-0.39, 0.29) is 11.6 Å². The molecular weight excluding hydrogens is 280 g/mol. The molecule has 2 aromatic rings. The van der Waals surface area contributed by atoms with Crippen LogP contribution in [0.1, 0.15) is 37.3 Å². The summed E-state index contributed by atoms with van der Waals surface area (Å²) in [7, 11) is 0. The average molecular weight is 299 g/mol. The van der Waals surface area contributed by atoms with Crippen LogP contribution < -0.4 is 5.32 Å². The third-order valence-electron chi connectivity index (χ3n) is 4.22. The Morgan fingerprint density at radius 2 is 1.68 bits per heavy atom. The third-order valence-corrected chi connectivity index (χ3v) is 4.22. The fourth-order valence-corrected chi connectivity index (χ4v) is 3.00. The molecule has 1 N–H and O–H groups in total. The number of hydrogen-bond acceptors (Lipinski definition) is 1. The highest BCUT2D eigenvalue weighted by Crippen LogP contribution is 2.35. The standard InChI is InChI=1S/C19H19F2N/c1-2-14-11-12-15(13-7-4-3-5-8-13)19(22-14)18-16(20)9-6-10-17(18)21/h3-10,14,22H,2,11-12H2,1H3/t14-/m0/s1. The summed E-state index contributed by atoms with van der Waals surface area (Å²) < 4.78 is 28.5. The van der Waals surface area contributed by atoms with E-state index < -0.39 is 11.6 Å². The lowest BCUT2D eigenvalue weighted by molar-refractivity contribution is 0.518. The molecule has 0 saturated heterocycles. The summed E-state index contributed by atoms with van der Waals surface area (Å²) in [6.07, 6.45) is 2.72. The fourth-order valence-electron chi connectivity index (χ4n) is 3.00. The Hall–Kier alpha value is -2.16. The van der Waals surface area contributed by atoms with Gasteiger partial charge in [-0.25, -0.2) is 8.78 Å². The Balaban J connectivity index is 2.18. The van der Waals surface area contributed by atoms with E-state index in [9.17, 15) is 8.78 Å². The smallest absolute Gasteiger partial charge is 0.135 e. The topological polar surface area (TPSA) is 12.0 Å². The highest BCUT2D eigenvalue weighted by molar-refractivity contribution is 5.91. The largest absolute Gasteiger partial charge is 0.381 e. The van der Waals surface area contributed by atoms with Crippen molar-refractivity contribution < 1.29 is 8.78 Å². The molecule has 2 aromatic carbocycles. The van der Waals surface area contributed by atoms with E-state index in [2.05, 4.69) is 12.2 Å². The number of rotatable bonds is 3. The van der Waals surface area contributed by atoms with Crippen LogP contribution in [-0.4, -0.2) is 6.04 Å². The molecule has 0 aromatic heterocycles. The number of nitrogens with one attached hydrogen (secondary N) is 1. The highest BCUT2D eigenvalue weighted by Gasteiger charge is 2.25. The van der Waals surface area contributed by atoms with Gasteiger partial charge in [0.05, 0.1) is 11.3 Å². The number of halogens is 2. The summed E-state index contributed by atoms with van der Waals surface area (Å²) in [4.78, 5) is 0. The normalized spacial score (nSPS) is 18.2. The van der Waals surface area contributed by atoms with Crippen molar-refractivity contribution in [3.05, 3.63) is 71.3 Å². The summed E-state index contributed by atoms with van der Waals surface area (Å²) in [5, 5.41) is 3.35. The zero-order chi connectivity index (χ0) is 15.5. The first-order valence-corrected chi connectivity index (χ1v) is 7.70. The first kappa shape index (κ1) is 14.8. The number of benzene rings is 2. The summed E-state index contributed by atoms with van der Waals surface area (Å²) >= 11 is 0. The van der Waals surface area contributed by atoms with Gasteiger partial charge in [0.1, 0.15) is 11.6 Å². The molecule has 0 spiro atoms. The molecule has 0 aliphatic carbocycles. The lowest BCUT2D eigenvalue weighted by atomic mass is 9.89. The minimum Gasteiger partial charge on any atom is -0.381 e. The molecule has 3 rings (SSSR count). The highest BCUT2D eigenvalue weighted by atomic mass is 19.1. The quantitative estimate of drug-likeness (QED) is 0.841. The van der Waals surface area contributed by atoms with Crippen LogP contribution in [0.2, 0.25) is 0 Å². The predicted octanol–water partition coefficient (Wildman–Crippen LogP) is 5.00. The average Bonchev–Trinajstić information content (AvgIpc) is 2.55. The maximum absolute atomic E-state index is 14.2. The van der Waals surface area contributed by atoms with E-state index in [1.165, 1.54) is 18.2 Å². The molecule has 1 atom stereocenters. The van der Waals surface area contributed by atoms with Crippen molar-refractivity contribution in [2.45, 2.75) is 32.2 Å². The first-order valence-electron chi connectivity index (χ1n) is 7.70. The van der Waals surface area contributed by atoms with Crippen molar-refractivity contribution in [2.24, 2.45) is 0 Å². The monoisotopic (exact) mass is 299 g/mol. The van der Waals surface area contributed by atoms with Crippen LogP contribution in [0.3, 0.4) is 0 Å². The van der Waals surface area contributed by atoms with Gasteiger partial charge in [-0.1, -0.05) is 43.3 Å². The summed E-state index contributed by atoms with van der Waals surface area (Å²) in [6.45, 7) is 2.08. The maximum atomic E-state index is 14.2. The van der Waals surface area contributed by atoms with Crippen LogP contribution in [0.4, 0.5) is 8.78 Å². The molecule has 0 unspecified atom stereocenters. The van der Waals surface area contributed by atoms with Crippen molar-refractivity contribution in [3.63, 3.8) is 0 Å². The van der Waals surface area contributed by atoms with Crippen molar-refractivity contribution >= 4 is 11.3 Å². The second-order valence-electron chi connectivity index (χ2n) is 5.60. The van der Waals surface area contributed by atoms with Crippen molar-refractivity contribution in [1.29, 1.82) is 0 Å². The van der Waals surface area contributed by atoms with E-state index in [1.54, 1.807) is 0 Å². The van der Waals surface area contributed by atoms with Crippen LogP contribution in [0, 0.1) is 11.6 Å². The van der Waals surface area contributed by atoms with E-state index in [4.69, 9.17) is 0 Å². The van der Waals surface area contributed by atoms with Crippen molar-refractivity contribution in [1.82, 2.24) is 5.32 Å². The van der Waals surface area contributed by atoms with Crippen LogP contribution in [0.5, 0.6) is 0 Å². The van der Waals surface area contributed by atoms with Crippen LogP contribution in [0.15, 0.2) is 48.5 Å². The fraction of sp³-hybridized carbons (Fsp3) is 0.263. The second-order valence-corrected chi connectivity index (χ2v) is 5.60. The molecular formula is C19H19F2N. The Bertz CT molecular complexity index is 672. The van der Waals surface area contributed by atoms with Crippen molar-refractivity contribution in [2.75, 3.05) is 0 Å². The third kappa shape index (κ3) is 2.76. The zero-order valence-corrected chi connectivity index (χ0v) is 12.6. The Morgan fingerprint density at radius 3 is 2.32 bits per heavy atom. The molecule has 114 valence electrons. The van der Waals surface area contributed by atoms with E-state index >= 15 is 0 Å². The van der Waals surface area contributed by atoms with Crippen molar-refractivity contribution in [3.8, 4) is 0 Å². The van der Waals surface area contributed by atoms with Gasteiger partial charge in [0.25, 0.3) is 0 Å². The summed E-state index contributed by atoms with van der Waals surface area (Å²) in [5.41, 5.74) is 2.65. The van der Waals surface area contributed by atoms with Gasteiger partial charge in [-0.3, -0.25) is 0 Å². The maximum Gasteiger partial charge on any atom is 0.135 e. The van der Waals surface area contributed by atoms with E-state index in [0.29, 0.717) is 5.70 Å². The summed E-state index contributed by atoms with van der Waals surface area (Å²) in [6, 6.07) is 14.1. The minimum atomic E-state index is -0.521. The van der Waals surface area contributed by atoms with Crippen LogP contribution in [-0.2, 0) is 0 Å². The van der Waals surface area contributed by atoms with Gasteiger partial charge in [0.15, 0.2) is 0 Å². The Kier molecular flexibility index (Phi) is 4.23. The molecule has 0 radical (unpaired) electrons. The molecule has 0 amide bonds. The van der Waals surface area contributed by atoms with Crippen LogP contribution in [0.25, 0.3) is 11.3 Å². The summed E-state index contributed by atoms with van der Waals surface area (Å²) in [5.74, 6) is -1.04. The molecule has 1 aliphatic rings.